The molecule has 1 saturated carbocycles. The molecule has 1 aliphatic rings. The van der Waals surface area contributed by atoms with E-state index in [0.29, 0.717) is 0 Å². The molecule has 4 nitrogen and oxygen atoms in total. The summed E-state index contributed by atoms with van der Waals surface area (Å²) in [6.45, 7) is -0.165. The first-order valence-electron chi connectivity index (χ1n) is 7.18. The van der Waals surface area contributed by atoms with Gasteiger partial charge in [0.05, 0.1) is 21.1 Å². The van der Waals surface area contributed by atoms with Gasteiger partial charge in [0, 0.05) is 5.92 Å². The fourth-order valence-electron chi connectivity index (χ4n) is 2.97. The Morgan fingerprint density at radius 3 is 3.00 bits per heavy atom. The SMILES string of the molecule is N#CCOC(=O)[C@H]1CCCC[C@H]1c1nc2ccccc2s1. The van der Waals surface area contributed by atoms with E-state index in [-0.39, 0.29) is 24.4 Å². The van der Waals surface area contributed by atoms with Gasteiger partial charge in [-0.2, -0.15) is 5.26 Å². The lowest BCUT2D eigenvalue weighted by molar-refractivity contribution is -0.148. The molecule has 0 N–H and O–H groups in total. The Kier molecular flexibility index (Phi) is 4.16. The normalized spacial score (nSPS) is 21.9. The first-order valence-corrected chi connectivity index (χ1v) is 8.00. The van der Waals surface area contributed by atoms with E-state index in [1.807, 2.05) is 24.3 Å². The zero-order chi connectivity index (χ0) is 14.7. The van der Waals surface area contributed by atoms with Gasteiger partial charge in [0.15, 0.2) is 6.61 Å². The summed E-state index contributed by atoms with van der Waals surface area (Å²) in [7, 11) is 0. The lowest BCUT2D eigenvalue weighted by Gasteiger charge is -2.28. The molecule has 1 fully saturated rings. The van der Waals surface area contributed by atoms with Crippen molar-refractivity contribution in [2.75, 3.05) is 6.61 Å². The second-order valence-corrected chi connectivity index (χ2v) is 6.35. The van der Waals surface area contributed by atoms with Gasteiger partial charge in [0.25, 0.3) is 0 Å². The fraction of sp³-hybridized carbons (Fsp3) is 0.438. The van der Waals surface area contributed by atoms with Crippen LogP contribution < -0.4 is 0 Å². The lowest BCUT2D eigenvalue weighted by atomic mass is 9.79. The van der Waals surface area contributed by atoms with Crippen LogP contribution in [-0.4, -0.2) is 17.6 Å². The summed E-state index contributed by atoms with van der Waals surface area (Å²) in [5.41, 5.74) is 0.993. The largest absolute Gasteiger partial charge is 0.450 e. The molecule has 0 aliphatic heterocycles. The molecular formula is C16H16N2O2S. The molecular weight excluding hydrogens is 284 g/mol. The minimum Gasteiger partial charge on any atom is -0.450 e. The maximum absolute atomic E-state index is 12.2. The second-order valence-electron chi connectivity index (χ2n) is 5.28. The first kappa shape index (κ1) is 14.0. The smallest absolute Gasteiger partial charge is 0.310 e. The number of para-hydroxylation sites is 1. The minimum absolute atomic E-state index is 0.127. The number of carbonyl (C=O) groups excluding carboxylic acids is 1. The maximum atomic E-state index is 12.2. The summed E-state index contributed by atoms with van der Waals surface area (Å²) in [5.74, 6) is -0.282. The van der Waals surface area contributed by atoms with Crippen molar-refractivity contribution in [2.45, 2.75) is 31.6 Å². The van der Waals surface area contributed by atoms with Crippen molar-refractivity contribution in [1.29, 1.82) is 5.26 Å². The number of carbonyl (C=O) groups is 1. The number of thiazole rings is 1. The molecule has 5 heteroatoms. The molecule has 1 aromatic heterocycles. The van der Waals surface area contributed by atoms with Gasteiger partial charge in [-0.3, -0.25) is 4.79 Å². The predicted molar refractivity (Wildman–Crippen MR) is 80.9 cm³/mol. The van der Waals surface area contributed by atoms with E-state index in [1.165, 1.54) is 0 Å². The number of ether oxygens (including phenoxy) is 1. The summed E-state index contributed by atoms with van der Waals surface area (Å²) >= 11 is 1.66. The van der Waals surface area contributed by atoms with Crippen molar-refractivity contribution in [2.24, 2.45) is 5.92 Å². The molecule has 2 atom stereocenters. The Labute approximate surface area is 127 Å². The van der Waals surface area contributed by atoms with E-state index in [0.717, 1.165) is 40.9 Å². The molecule has 108 valence electrons. The number of aromatic nitrogens is 1. The Morgan fingerprint density at radius 2 is 2.19 bits per heavy atom. The van der Waals surface area contributed by atoms with E-state index >= 15 is 0 Å². The van der Waals surface area contributed by atoms with Gasteiger partial charge in [0.1, 0.15) is 6.07 Å². The molecule has 1 heterocycles. The van der Waals surface area contributed by atoms with E-state index in [4.69, 9.17) is 15.0 Å². The third-order valence-electron chi connectivity index (χ3n) is 3.98. The van der Waals surface area contributed by atoms with Crippen molar-refractivity contribution in [3.05, 3.63) is 29.3 Å². The van der Waals surface area contributed by atoms with Gasteiger partial charge in [-0.05, 0) is 25.0 Å². The molecule has 2 aromatic rings. The number of esters is 1. The highest BCUT2D eigenvalue weighted by Gasteiger charge is 2.35. The first-order chi connectivity index (χ1) is 10.3. The number of hydrogen-bond donors (Lipinski definition) is 0. The quantitative estimate of drug-likeness (QED) is 0.812. The molecule has 1 aliphatic carbocycles. The number of hydrogen-bond acceptors (Lipinski definition) is 5. The van der Waals surface area contributed by atoms with Crippen LogP contribution in [0.25, 0.3) is 10.2 Å². The predicted octanol–water partition coefficient (Wildman–Crippen LogP) is 3.64. The van der Waals surface area contributed by atoms with Gasteiger partial charge in [0.2, 0.25) is 0 Å². The highest BCUT2D eigenvalue weighted by atomic mass is 32.1. The Balaban J connectivity index is 1.86. The van der Waals surface area contributed by atoms with Crippen molar-refractivity contribution in [3.63, 3.8) is 0 Å². The zero-order valence-electron chi connectivity index (χ0n) is 11.6. The van der Waals surface area contributed by atoms with Crippen LogP contribution in [0.1, 0.15) is 36.6 Å². The van der Waals surface area contributed by atoms with Crippen molar-refractivity contribution in [1.82, 2.24) is 4.98 Å². The van der Waals surface area contributed by atoms with Crippen molar-refractivity contribution < 1.29 is 9.53 Å². The van der Waals surface area contributed by atoms with Crippen LogP contribution in [-0.2, 0) is 9.53 Å². The van der Waals surface area contributed by atoms with E-state index in [2.05, 4.69) is 6.07 Å². The number of fused-ring (bicyclic) bond motifs is 1. The molecule has 21 heavy (non-hydrogen) atoms. The maximum Gasteiger partial charge on any atom is 0.310 e. The van der Waals surface area contributed by atoms with Crippen LogP contribution in [0.5, 0.6) is 0 Å². The third kappa shape index (κ3) is 2.91. The molecule has 0 bridgehead atoms. The van der Waals surface area contributed by atoms with Crippen molar-refractivity contribution in [3.8, 4) is 6.07 Å². The van der Waals surface area contributed by atoms with Gasteiger partial charge in [-0.1, -0.05) is 25.0 Å². The topological polar surface area (TPSA) is 63.0 Å². The van der Waals surface area contributed by atoms with Gasteiger partial charge >= 0.3 is 5.97 Å². The van der Waals surface area contributed by atoms with Gasteiger partial charge < -0.3 is 4.74 Å². The van der Waals surface area contributed by atoms with Gasteiger partial charge in [-0.15, -0.1) is 11.3 Å². The Bertz CT molecular complexity index is 656. The number of nitrogens with zero attached hydrogens (tertiary/aromatic N) is 2. The van der Waals surface area contributed by atoms with E-state index in [9.17, 15) is 4.79 Å². The minimum atomic E-state index is -0.250. The van der Waals surface area contributed by atoms with Crippen LogP contribution in [0, 0.1) is 17.2 Å². The standard InChI is InChI=1S/C16H16N2O2S/c17-9-10-20-16(19)12-6-2-1-5-11(12)15-18-13-7-3-4-8-14(13)21-15/h3-4,7-8,11-12H,1-2,5-6,10H2/t11-,12+/m1/s1. The highest BCUT2D eigenvalue weighted by Crippen LogP contribution is 2.41. The number of benzene rings is 1. The van der Waals surface area contributed by atoms with Crippen LogP contribution in [0.4, 0.5) is 0 Å². The molecule has 1 aromatic carbocycles. The average molecular weight is 300 g/mol. The Morgan fingerprint density at radius 1 is 1.38 bits per heavy atom. The summed E-state index contributed by atoms with van der Waals surface area (Å²) in [6, 6.07) is 9.90. The molecule has 0 radical (unpaired) electrons. The fourth-order valence-corrected chi connectivity index (χ4v) is 4.14. The molecule has 0 unspecified atom stereocenters. The average Bonchev–Trinajstić information content (AvgIpc) is 2.96. The van der Waals surface area contributed by atoms with E-state index < -0.39 is 0 Å². The van der Waals surface area contributed by atoms with Crippen molar-refractivity contribution >= 4 is 27.5 Å². The number of nitriles is 1. The lowest BCUT2D eigenvalue weighted by Crippen LogP contribution is -2.27. The molecule has 0 spiro atoms. The Hall–Kier alpha value is -1.93. The molecule has 0 amide bonds. The van der Waals surface area contributed by atoms with Gasteiger partial charge in [-0.25, -0.2) is 4.98 Å². The van der Waals surface area contributed by atoms with Crippen LogP contribution in [0.2, 0.25) is 0 Å². The monoisotopic (exact) mass is 300 g/mol. The van der Waals surface area contributed by atoms with E-state index in [1.54, 1.807) is 11.3 Å². The van der Waals surface area contributed by atoms with Crippen LogP contribution in [0.15, 0.2) is 24.3 Å². The highest BCUT2D eigenvalue weighted by molar-refractivity contribution is 7.18. The summed E-state index contributed by atoms with van der Waals surface area (Å²) in [5, 5.41) is 9.58. The van der Waals surface area contributed by atoms with Crippen LogP contribution in [0.3, 0.4) is 0 Å². The molecule has 3 rings (SSSR count). The second kappa shape index (κ2) is 6.23. The third-order valence-corrected chi connectivity index (χ3v) is 5.14. The zero-order valence-corrected chi connectivity index (χ0v) is 12.4. The number of rotatable bonds is 3. The van der Waals surface area contributed by atoms with Crippen LogP contribution >= 0.6 is 11.3 Å². The summed E-state index contributed by atoms with van der Waals surface area (Å²) in [6.07, 6.45) is 3.94. The summed E-state index contributed by atoms with van der Waals surface area (Å²) < 4.78 is 6.19. The molecule has 0 saturated heterocycles. The summed E-state index contributed by atoms with van der Waals surface area (Å²) in [4.78, 5) is 16.9.